The maximum Gasteiger partial charge on any atom is 0.219 e. The molecule has 0 atom stereocenters. The van der Waals surface area contributed by atoms with Crippen LogP contribution in [0.1, 0.15) is 0 Å². The van der Waals surface area contributed by atoms with Crippen molar-refractivity contribution in [1.82, 2.24) is 9.97 Å². The van der Waals surface area contributed by atoms with E-state index in [4.69, 9.17) is 5.73 Å². The van der Waals surface area contributed by atoms with Crippen LogP contribution in [0, 0.1) is 0 Å². The first-order chi connectivity index (χ1) is 5.00. The van der Waals surface area contributed by atoms with Gasteiger partial charge in [0.15, 0.2) is 9.84 Å². The van der Waals surface area contributed by atoms with Gasteiger partial charge in [-0.2, -0.15) is 0 Å². The van der Waals surface area contributed by atoms with Crippen molar-refractivity contribution < 1.29 is 8.42 Å². The van der Waals surface area contributed by atoms with Crippen LogP contribution in [-0.2, 0) is 9.84 Å². The average molecular weight is 173 g/mol. The summed E-state index contributed by atoms with van der Waals surface area (Å²) in [5.74, 6) is 0.0670. The number of rotatable bonds is 1. The highest BCUT2D eigenvalue weighted by Crippen LogP contribution is 2.04. The van der Waals surface area contributed by atoms with Gasteiger partial charge in [0.05, 0.1) is 12.4 Å². The number of nitrogen functional groups attached to an aromatic ring is 1. The van der Waals surface area contributed by atoms with E-state index in [1.54, 1.807) is 0 Å². The van der Waals surface area contributed by atoms with Crippen molar-refractivity contribution >= 4 is 15.8 Å². The van der Waals surface area contributed by atoms with E-state index in [0.717, 1.165) is 6.26 Å². The van der Waals surface area contributed by atoms with Crippen molar-refractivity contribution in [3.63, 3.8) is 0 Å². The Hall–Kier alpha value is -1.17. The van der Waals surface area contributed by atoms with Crippen molar-refractivity contribution in [3.8, 4) is 0 Å². The van der Waals surface area contributed by atoms with Crippen LogP contribution in [-0.4, -0.2) is 24.6 Å². The second-order valence-electron chi connectivity index (χ2n) is 2.05. The molecular formula is C5H7N3O2S. The zero-order valence-corrected chi connectivity index (χ0v) is 6.67. The molecule has 0 aromatic carbocycles. The molecule has 1 aromatic rings. The molecule has 0 amide bonds. The quantitative estimate of drug-likeness (QED) is 0.616. The van der Waals surface area contributed by atoms with Gasteiger partial charge < -0.3 is 5.73 Å². The van der Waals surface area contributed by atoms with E-state index in [9.17, 15) is 8.42 Å². The Labute approximate surface area is 64.2 Å². The lowest BCUT2D eigenvalue weighted by molar-refractivity contribution is 0.601. The Morgan fingerprint density at radius 1 is 1.36 bits per heavy atom. The van der Waals surface area contributed by atoms with Crippen LogP contribution < -0.4 is 5.73 Å². The fourth-order valence-corrected chi connectivity index (χ4v) is 1.01. The smallest absolute Gasteiger partial charge is 0.219 e. The first-order valence-corrected chi connectivity index (χ1v) is 4.67. The Morgan fingerprint density at radius 2 is 1.82 bits per heavy atom. The number of aromatic nitrogens is 2. The standard InChI is InChI=1S/C5H7N3O2S/c1-11(9,10)4-2-7-5(6)8-3-4/h2-3H,1H3,(H2,6,7,8). The minimum absolute atomic E-state index is 0.0670. The Balaban J connectivity index is 3.20. The van der Waals surface area contributed by atoms with Gasteiger partial charge in [0.1, 0.15) is 4.90 Å². The highest BCUT2D eigenvalue weighted by molar-refractivity contribution is 7.90. The summed E-state index contributed by atoms with van der Waals surface area (Å²) < 4.78 is 21.6. The first kappa shape index (κ1) is 7.93. The third kappa shape index (κ3) is 1.87. The molecule has 6 heteroatoms. The molecular weight excluding hydrogens is 166 g/mol. The fraction of sp³-hybridized carbons (Fsp3) is 0.200. The van der Waals surface area contributed by atoms with Gasteiger partial charge in [0.25, 0.3) is 0 Å². The molecule has 0 bridgehead atoms. The number of hydrogen-bond donors (Lipinski definition) is 1. The summed E-state index contributed by atoms with van der Waals surface area (Å²) in [6.07, 6.45) is 3.44. The highest BCUT2D eigenvalue weighted by atomic mass is 32.2. The van der Waals surface area contributed by atoms with Crippen molar-refractivity contribution in [1.29, 1.82) is 0 Å². The molecule has 0 aliphatic carbocycles. The van der Waals surface area contributed by atoms with Crippen molar-refractivity contribution in [2.75, 3.05) is 12.0 Å². The number of nitrogens with zero attached hydrogens (tertiary/aromatic N) is 2. The molecule has 0 unspecified atom stereocenters. The molecule has 0 saturated heterocycles. The Kier molecular flexibility index (Phi) is 1.77. The van der Waals surface area contributed by atoms with Crippen molar-refractivity contribution in [3.05, 3.63) is 12.4 Å². The molecule has 0 aliphatic heterocycles. The monoisotopic (exact) mass is 173 g/mol. The van der Waals surface area contributed by atoms with Gasteiger partial charge >= 0.3 is 0 Å². The zero-order valence-electron chi connectivity index (χ0n) is 5.85. The largest absolute Gasteiger partial charge is 0.368 e. The van der Waals surface area contributed by atoms with Crippen molar-refractivity contribution in [2.45, 2.75) is 4.90 Å². The number of nitrogens with two attached hydrogens (primary N) is 1. The molecule has 0 fully saturated rings. The third-order valence-electron chi connectivity index (χ3n) is 1.08. The molecule has 0 saturated carbocycles. The lowest BCUT2D eigenvalue weighted by Gasteiger charge is -1.95. The molecule has 11 heavy (non-hydrogen) atoms. The van der Waals surface area contributed by atoms with Gasteiger partial charge in [-0.05, 0) is 0 Å². The summed E-state index contributed by atoms with van der Waals surface area (Å²) in [6.45, 7) is 0. The minimum atomic E-state index is -3.20. The molecule has 5 nitrogen and oxygen atoms in total. The maximum absolute atomic E-state index is 10.8. The lowest BCUT2D eigenvalue weighted by Crippen LogP contribution is -2.01. The average Bonchev–Trinajstić information content (AvgIpc) is 1.86. The predicted octanol–water partition coefficient (Wildman–Crippen LogP) is -0.538. The van der Waals surface area contributed by atoms with Gasteiger partial charge in [0, 0.05) is 6.26 Å². The van der Waals surface area contributed by atoms with Crippen LogP contribution >= 0.6 is 0 Å². The molecule has 60 valence electrons. The molecule has 1 aromatic heterocycles. The van der Waals surface area contributed by atoms with Crippen LogP contribution in [0.3, 0.4) is 0 Å². The molecule has 1 rings (SSSR count). The van der Waals surface area contributed by atoms with E-state index in [1.807, 2.05) is 0 Å². The molecule has 0 spiro atoms. The van der Waals surface area contributed by atoms with Gasteiger partial charge in [-0.15, -0.1) is 0 Å². The van der Waals surface area contributed by atoms with E-state index >= 15 is 0 Å². The number of sulfone groups is 1. The summed E-state index contributed by atoms with van der Waals surface area (Å²) in [5.41, 5.74) is 5.15. The van der Waals surface area contributed by atoms with E-state index in [2.05, 4.69) is 9.97 Å². The number of anilines is 1. The second-order valence-corrected chi connectivity index (χ2v) is 4.06. The number of hydrogen-bond acceptors (Lipinski definition) is 5. The molecule has 1 heterocycles. The minimum Gasteiger partial charge on any atom is -0.368 e. The van der Waals surface area contributed by atoms with E-state index in [0.29, 0.717) is 0 Å². The highest BCUT2D eigenvalue weighted by Gasteiger charge is 2.06. The Morgan fingerprint density at radius 3 is 2.18 bits per heavy atom. The second kappa shape index (κ2) is 2.46. The fourth-order valence-electron chi connectivity index (χ4n) is 0.518. The third-order valence-corrected chi connectivity index (χ3v) is 2.14. The van der Waals surface area contributed by atoms with Crippen molar-refractivity contribution in [2.24, 2.45) is 0 Å². The summed E-state index contributed by atoms with van der Waals surface area (Å²) >= 11 is 0. The van der Waals surface area contributed by atoms with Crippen LogP contribution in [0.25, 0.3) is 0 Å². The molecule has 2 N–H and O–H groups in total. The van der Waals surface area contributed by atoms with Crippen LogP contribution in [0.2, 0.25) is 0 Å². The van der Waals surface area contributed by atoms with Crippen LogP contribution in [0.4, 0.5) is 5.95 Å². The summed E-state index contributed by atoms with van der Waals surface area (Å²) in [7, 11) is -3.20. The van der Waals surface area contributed by atoms with Gasteiger partial charge in [0.2, 0.25) is 5.95 Å². The zero-order chi connectivity index (χ0) is 8.48. The van der Waals surface area contributed by atoms with Crippen LogP contribution in [0.5, 0.6) is 0 Å². The normalized spacial score (nSPS) is 11.4. The SMILES string of the molecule is CS(=O)(=O)c1cnc(N)nc1. The van der Waals surface area contributed by atoms with E-state index < -0.39 is 9.84 Å². The summed E-state index contributed by atoms with van der Waals surface area (Å²) in [5, 5.41) is 0. The summed E-state index contributed by atoms with van der Waals surface area (Å²) in [6, 6.07) is 0. The Bertz CT molecular complexity index is 342. The maximum atomic E-state index is 10.8. The topological polar surface area (TPSA) is 85.9 Å². The lowest BCUT2D eigenvalue weighted by atomic mass is 10.7. The van der Waals surface area contributed by atoms with Crippen LogP contribution in [0.15, 0.2) is 17.3 Å². The van der Waals surface area contributed by atoms with Gasteiger partial charge in [-0.25, -0.2) is 18.4 Å². The summed E-state index contributed by atoms with van der Waals surface area (Å²) in [4.78, 5) is 7.14. The van der Waals surface area contributed by atoms with Gasteiger partial charge in [-0.1, -0.05) is 0 Å². The van der Waals surface area contributed by atoms with E-state index in [-0.39, 0.29) is 10.8 Å². The molecule has 0 aliphatic rings. The predicted molar refractivity (Wildman–Crippen MR) is 39.6 cm³/mol. The first-order valence-electron chi connectivity index (χ1n) is 2.78. The van der Waals surface area contributed by atoms with E-state index in [1.165, 1.54) is 12.4 Å². The molecule has 0 radical (unpaired) electrons. The van der Waals surface area contributed by atoms with Gasteiger partial charge in [-0.3, -0.25) is 0 Å².